The van der Waals surface area contributed by atoms with E-state index in [2.05, 4.69) is 10.1 Å². The summed E-state index contributed by atoms with van der Waals surface area (Å²) in [5, 5.41) is 4.26. The molecule has 0 fully saturated rings. The third-order valence-electron chi connectivity index (χ3n) is 2.16. The van der Waals surface area contributed by atoms with E-state index in [4.69, 9.17) is 0 Å². The second-order valence-corrected chi connectivity index (χ2v) is 3.14. The molecule has 0 saturated heterocycles. The number of H-pyrrole nitrogens is 1. The fourth-order valence-corrected chi connectivity index (χ4v) is 1.44. The number of hydrogen-bond acceptors (Lipinski definition) is 2. The molecule has 0 bridgehead atoms. The zero-order valence-electron chi connectivity index (χ0n) is 8.00. The van der Waals surface area contributed by atoms with Gasteiger partial charge in [0.15, 0.2) is 5.65 Å². The molecule has 1 N–H and O–H groups in total. The standard InChI is InChI=1S/C9H9F2N3O/c1-2-14-4-6-5(8(10)11)3-7(15)12-9(6)13-14/h3-4,8H,2H2,1H3,(H,12,13,15). The van der Waals surface area contributed by atoms with E-state index in [1.165, 1.54) is 10.9 Å². The first-order chi connectivity index (χ1) is 7.11. The molecule has 0 radical (unpaired) electrons. The average Bonchev–Trinajstić information content (AvgIpc) is 2.58. The normalized spacial score (nSPS) is 11.5. The number of fused-ring (bicyclic) bond motifs is 1. The molecule has 0 aromatic carbocycles. The maximum absolute atomic E-state index is 12.6. The highest BCUT2D eigenvalue weighted by molar-refractivity contribution is 5.78. The number of rotatable bonds is 2. The van der Waals surface area contributed by atoms with Crippen molar-refractivity contribution >= 4 is 11.0 Å². The summed E-state index contributed by atoms with van der Waals surface area (Å²) in [4.78, 5) is 13.5. The summed E-state index contributed by atoms with van der Waals surface area (Å²) < 4.78 is 26.7. The van der Waals surface area contributed by atoms with Crippen LogP contribution in [0, 0.1) is 0 Å². The summed E-state index contributed by atoms with van der Waals surface area (Å²) in [7, 11) is 0. The van der Waals surface area contributed by atoms with Crippen molar-refractivity contribution in [3.05, 3.63) is 28.2 Å². The molecule has 0 aliphatic carbocycles. The number of pyridine rings is 1. The Kier molecular flexibility index (Phi) is 2.26. The molecule has 0 amide bonds. The van der Waals surface area contributed by atoms with Gasteiger partial charge in [-0.1, -0.05) is 0 Å². The Labute approximate surface area is 83.5 Å². The Morgan fingerprint density at radius 3 is 2.93 bits per heavy atom. The predicted molar refractivity (Wildman–Crippen MR) is 51.0 cm³/mol. The van der Waals surface area contributed by atoms with E-state index in [1.54, 1.807) is 0 Å². The summed E-state index contributed by atoms with van der Waals surface area (Å²) in [6.45, 7) is 2.41. The highest BCUT2D eigenvalue weighted by Gasteiger charge is 2.15. The molecule has 0 aliphatic rings. The summed E-state index contributed by atoms with van der Waals surface area (Å²) >= 11 is 0. The number of halogens is 2. The summed E-state index contributed by atoms with van der Waals surface area (Å²) in [5.74, 6) is 0. The second-order valence-electron chi connectivity index (χ2n) is 3.14. The highest BCUT2D eigenvalue weighted by atomic mass is 19.3. The lowest BCUT2D eigenvalue weighted by Gasteiger charge is -1.98. The lowest BCUT2D eigenvalue weighted by molar-refractivity contribution is 0.153. The molecule has 15 heavy (non-hydrogen) atoms. The van der Waals surface area contributed by atoms with Crippen molar-refractivity contribution in [3.8, 4) is 0 Å². The summed E-state index contributed by atoms with van der Waals surface area (Å²) in [6, 6.07) is 0.911. The maximum atomic E-state index is 12.6. The third-order valence-corrected chi connectivity index (χ3v) is 2.16. The minimum atomic E-state index is -2.66. The zero-order chi connectivity index (χ0) is 11.0. The van der Waals surface area contributed by atoms with Gasteiger partial charge in [-0.05, 0) is 6.92 Å². The van der Waals surface area contributed by atoms with Crippen molar-refractivity contribution in [2.45, 2.75) is 19.9 Å². The Morgan fingerprint density at radius 1 is 1.60 bits per heavy atom. The van der Waals surface area contributed by atoms with Gasteiger partial charge in [0.1, 0.15) is 0 Å². The number of aryl methyl sites for hydroxylation is 1. The lowest BCUT2D eigenvalue weighted by atomic mass is 10.2. The van der Waals surface area contributed by atoms with Gasteiger partial charge in [0.25, 0.3) is 6.43 Å². The number of nitrogens with zero attached hydrogens (tertiary/aromatic N) is 2. The number of aromatic nitrogens is 3. The molecule has 0 saturated carbocycles. The molecule has 0 unspecified atom stereocenters. The maximum Gasteiger partial charge on any atom is 0.264 e. The van der Waals surface area contributed by atoms with Crippen LogP contribution < -0.4 is 5.56 Å². The van der Waals surface area contributed by atoms with E-state index >= 15 is 0 Å². The van der Waals surface area contributed by atoms with E-state index in [0.29, 0.717) is 11.9 Å². The second kappa shape index (κ2) is 3.45. The van der Waals surface area contributed by atoms with Crippen molar-refractivity contribution in [1.82, 2.24) is 14.8 Å². The van der Waals surface area contributed by atoms with Gasteiger partial charge in [-0.2, -0.15) is 5.10 Å². The Morgan fingerprint density at radius 2 is 2.33 bits per heavy atom. The molecule has 2 rings (SSSR count). The molecule has 2 aromatic rings. The molecular formula is C9H9F2N3O. The van der Waals surface area contributed by atoms with Crippen LogP contribution in [-0.2, 0) is 6.54 Å². The molecule has 4 nitrogen and oxygen atoms in total. The minimum Gasteiger partial charge on any atom is -0.305 e. The Hall–Kier alpha value is -1.72. The van der Waals surface area contributed by atoms with E-state index < -0.39 is 12.0 Å². The number of nitrogens with one attached hydrogen (secondary N) is 1. The van der Waals surface area contributed by atoms with Gasteiger partial charge in [0, 0.05) is 29.8 Å². The van der Waals surface area contributed by atoms with Crippen molar-refractivity contribution in [1.29, 1.82) is 0 Å². The van der Waals surface area contributed by atoms with Crippen LogP contribution in [0.2, 0.25) is 0 Å². The van der Waals surface area contributed by atoms with Crippen LogP contribution in [0.3, 0.4) is 0 Å². The molecule has 2 aromatic heterocycles. The van der Waals surface area contributed by atoms with Gasteiger partial charge in [0.2, 0.25) is 5.56 Å². The van der Waals surface area contributed by atoms with Crippen LogP contribution in [0.1, 0.15) is 18.9 Å². The topological polar surface area (TPSA) is 50.7 Å². The first kappa shape index (κ1) is 9.82. The zero-order valence-corrected chi connectivity index (χ0v) is 8.00. The highest BCUT2D eigenvalue weighted by Crippen LogP contribution is 2.24. The van der Waals surface area contributed by atoms with E-state index in [1.807, 2.05) is 6.92 Å². The van der Waals surface area contributed by atoms with Crippen molar-refractivity contribution in [3.63, 3.8) is 0 Å². The number of alkyl halides is 2. The quantitative estimate of drug-likeness (QED) is 0.825. The first-order valence-electron chi connectivity index (χ1n) is 4.50. The third kappa shape index (κ3) is 1.62. The molecule has 6 heteroatoms. The molecule has 2 heterocycles. The average molecular weight is 213 g/mol. The predicted octanol–water partition coefficient (Wildman–Crippen LogP) is 1.68. The minimum absolute atomic E-state index is 0.208. The van der Waals surface area contributed by atoms with Crippen molar-refractivity contribution in [2.75, 3.05) is 0 Å². The molecule has 0 atom stereocenters. The van der Waals surface area contributed by atoms with E-state index in [9.17, 15) is 13.6 Å². The van der Waals surface area contributed by atoms with Crippen LogP contribution in [0.25, 0.3) is 11.0 Å². The molecule has 0 spiro atoms. The number of hydrogen-bond donors (Lipinski definition) is 1. The SMILES string of the molecule is CCn1cc2c(C(F)F)cc(=O)[nH]c2n1. The molecule has 0 aliphatic heterocycles. The Bertz CT molecular complexity index is 544. The lowest BCUT2D eigenvalue weighted by Crippen LogP contribution is -2.06. The van der Waals surface area contributed by atoms with Crippen LogP contribution in [0.4, 0.5) is 8.78 Å². The van der Waals surface area contributed by atoms with Gasteiger partial charge in [0.05, 0.1) is 0 Å². The molecule has 80 valence electrons. The van der Waals surface area contributed by atoms with E-state index in [0.717, 1.165) is 6.07 Å². The van der Waals surface area contributed by atoms with Crippen molar-refractivity contribution in [2.24, 2.45) is 0 Å². The van der Waals surface area contributed by atoms with Gasteiger partial charge < -0.3 is 4.98 Å². The van der Waals surface area contributed by atoms with Gasteiger partial charge in [-0.3, -0.25) is 9.48 Å². The van der Waals surface area contributed by atoms with Crippen LogP contribution in [0.15, 0.2) is 17.1 Å². The number of aromatic amines is 1. The summed E-state index contributed by atoms with van der Waals surface area (Å²) in [6.07, 6.45) is -1.16. The van der Waals surface area contributed by atoms with Crippen LogP contribution >= 0.6 is 0 Å². The summed E-state index contributed by atoms with van der Waals surface area (Å²) in [5.41, 5.74) is -0.618. The van der Waals surface area contributed by atoms with Gasteiger partial charge in [-0.25, -0.2) is 8.78 Å². The van der Waals surface area contributed by atoms with E-state index in [-0.39, 0.29) is 11.2 Å². The van der Waals surface area contributed by atoms with Crippen LogP contribution in [0.5, 0.6) is 0 Å². The fraction of sp³-hybridized carbons (Fsp3) is 0.333. The first-order valence-corrected chi connectivity index (χ1v) is 4.50. The van der Waals surface area contributed by atoms with Gasteiger partial charge in [-0.15, -0.1) is 0 Å². The molecular weight excluding hydrogens is 204 g/mol. The largest absolute Gasteiger partial charge is 0.305 e. The van der Waals surface area contributed by atoms with Gasteiger partial charge >= 0.3 is 0 Å². The van der Waals surface area contributed by atoms with Crippen molar-refractivity contribution < 1.29 is 8.78 Å². The smallest absolute Gasteiger partial charge is 0.264 e. The fourth-order valence-electron chi connectivity index (χ4n) is 1.44. The Balaban J connectivity index is 2.78. The monoisotopic (exact) mass is 213 g/mol. The van der Waals surface area contributed by atoms with Crippen LogP contribution in [-0.4, -0.2) is 14.8 Å².